The number of carbonyl (C=O) groups is 1. The Balaban J connectivity index is 0.00000264. The van der Waals surface area contributed by atoms with Crippen LogP contribution in [-0.4, -0.2) is 12.5 Å². The molecule has 0 aromatic heterocycles. The number of benzene rings is 2. The maximum atomic E-state index is 13.6. The molecular weight excluding hydrogens is 315 g/mol. The Bertz CT molecular complexity index is 649. The van der Waals surface area contributed by atoms with E-state index in [2.05, 4.69) is 5.32 Å². The first-order chi connectivity index (χ1) is 10.5. The second kappa shape index (κ2) is 8.65. The van der Waals surface area contributed by atoms with Crippen LogP contribution in [0.4, 0.5) is 4.39 Å². The lowest BCUT2D eigenvalue weighted by molar-refractivity contribution is -0.123. The van der Waals surface area contributed by atoms with Gasteiger partial charge < -0.3 is 11.1 Å². The van der Waals surface area contributed by atoms with E-state index in [-0.39, 0.29) is 36.7 Å². The highest BCUT2D eigenvalue weighted by molar-refractivity contribution is 5.85. The molecule has 3 nitrogen and oxygen atoms in total. The fraction of sp³-hybridized carbons (Fsp3) is 0.278. The number of carbonyl (C=O) groups excluding carboxylic acids is 1. The summed E-state index contributed by atoms with van der Waals surface area (Å²) in [4.78, 5) is 12.4. The summed E-state index contributed by atoms with van der Waals surface area (Å²) < 4.78 is 13.6. The molecule has 2 atom stereocenters. The third-order valence-electron chi connectivity index (χ3n) is 3.81. The fourth-order valence-corrected chi connectivity index (χ4v) is 2.36. The van der Waals surface area contributed by atoms with Gasteiger partial charge in [0.2, 0.25) is 5.91 Å². The predicted octanol–water partition coefficient (Wildman–Crippen LogP) is 3.48. The van der Waals surface area contributed by atoms with Crippen LogP contribution in [0.15, 0.2) is 48.5 Å². The molecule has 124 valence electrons. The third-order valence-corrected chi connectivity index (χ3v) is 3.81. The van der Waals surface area contributed by atoms with E-state index in [1.807, 2.05) is 43.3 Å². The molecule has 0 heterocycles. The van der Waals surface area contributed by atoms with E-state index in [1.165, 1.54) is 6.07 Å². The molecule has 0 spiro atoms. The molecule has 3 N–H and O–H groups in total. The summed E-state index contributed by atoms with van der Waals surface area (Å²) in [5.41, 5.74) is 7.95. The quantitative estimate of drug-likeness (QED) is 0.878. The van der Waals surface area contributed by atoms with Crippen molar-refractivity contribution in [2.24, 2.45) is 5.73 Å². The monoisotopic (exact) mass is 336 g/mol. The van der Waals surface area contributed by atoms with Crippen molar-refractivity contribution >= 4 is 18.3 Å². The summed E-state index contributed by atoms with van der Waals surface area (Å²) in [5, 5.41) is 2.91. The van der Waals surface area contributed by atoms with E-state index in [9.17, 15) is 9.18 Å². The number of aryl methyl sites for hydroxylation is 1. The van der Waals surface area contributed by atoms with Crippen molar-refractivity contribution in [3.63, 3.8) is 0 Å². The summed E-state index contributed by atoms with van der Waals surface area (Å²) in [6.07, 6.45) is 0. The number of amides is 1. The lowest BCUT2D eigenvalue weighted by Gasteiger charge is -2.20. The largest absolute Gasteiger partial charge is 0.349 e. The molecule has 0 saturated carbocycles. The van der Waals surface area contributed by atoms with Crippen LogP contribution in [0.5, 0.6) is 0 Å². The van der Waals surface area contributed by atoms with E-state index >= 15 is 0 Å². The minimum atomic E-state index is -0.404. The van der Waals surface area contributed by atoms with Gasteiger partial charge in [-0.05, 0) is 36.6 Å². The first kappa shape index (κ1) is 19.1. The van der Waals surface area contributed by atoms with Crippen LogP contribution in [0, 0.1) is 12.7 Å². The van der Waals surface area contributed by atoms with Crippen molar-refractivity contribution in [1.29, 1.82) is 0 Å². The van der Waals surface area contributed by atoms with Crippen LogP contribution in [0.3, 0.4) is 0 Å². The predicted molar refractivity (Wildman–Crippen MR) is 93.2 cm³/mol. The van der Waals surface area contributed by atoms with Gasteiger partial charge in [-0.15, -0.1) is 12.4 Å². The van der Waals surface area contributed by atoms with E-state index in [1.54, 1.807) is 13.0 Å². The summed E-state index contributed by atoms with van der Waals surface area (Å²) >= 11 is 0. The number of nitrogens with two attached hydrogens (primary N) is 1. The smallest absolute Gasteiger partial charge is 0.229 e. The summed E-state index contributed by atoms with van der Waals surface area (Å²) in [6, 6.07) is 14.1. The molecule has 23 heavy (non-hydrogen) atoms. The van der Waals surface area contributed by atoms with Crippen LogP contribution in [0.1, 0.15) is 35.6 Å². The summed E-state index contributed by atoms with van der Waals surface area (Å²) in [5.74, 6) is -0.821. The molecule has 5 heteroatoms. The van der Waals surface area contributed by atoms with Crippen LogP contribution in [0.25, 0.3) is 0 Å². The third kappa shape index (κ3) is 4.78. The molecule has 0 radical (unpaired) electrons. The lowest BCUT2D eigenvalue weighted by Crippen LogP contribution is -2.35. The van der Waals surface area contributed by atoms with Gasteiger partial charge in [0.1, 0.15) is 5.82 Å². The van der Waals surface area contributed by atoms with Crippen LogP contribution < -0.4 is 11.1 Å². The lowest BCUT2D eigenvalue weighted by atomic mass is 9.97. The topological polar surface area (TPSA) is 55.1 Å². The van der Waals surface area contributed by atoms with Gasteiger partial charge in [-0.3, -0.25) is 4.79 Å². The Labute approximate surface area is 142 Å². The van der Waals surface area contributed by atoms with Crippen molar-refractivity contribution in [3.05, 3.63) is 71.0 Å². The Kier molecular flexibility index (Phi) is 7.20. The SMILES string of the molecule is Cc1ccc(C(C)NC(=O)C(CN)c2ccccc2)cc1F.Cl. The van der Waals surface area contributed by atoms with E-state index < -0.39 is 5.92 Å². The average molecular weight is 337 g/mol. The molecule has 2 aromatic carbocycles. The summed E-state index contributed by atoms with van der Waals surface area (Å²) in [6.45, 7) is 3.77. The zero-order valence-electron chi connectivity index (χ0n) is 13.3. The second-order valence-corrected chi connectivity index (χ2v) is 5.44. The Morgan fingerprint density at radius 3 is 2.39 bits per heavy atom. The van der Waals surface area contributed by atoms with Gasteiger partial charge in [0, 0.05) is 6.54 Å². The number of halogens is 2. The molecule has 0 aliphatic carbocycles. The van der Waals surface area contributed by atoms with Gasteiger partial charge in [0.15, 0.2) is 0 Å². The van der Waals surface area contributed by atoms with Gasteiger partial charge in [-0.25, -0.2) is 4.39 Å². The number of hydrogen-bond donors (Lipinski definition) is 2. The zero-order chi connectivity index (χ0) is 16.1. The van der Waals surface area contributed by atoms with E-state index in [4.69, 9.17) is 5.73 Å². The highest BCUT2D eigenvalue weighted by Gasteiger charge is 2.21. The van der Waals surface area contributed by atoms with Crippen LogP contribution in [-0.2, 0) is 4.79 Å². The van der Waals surface area contributed by atoms with Crippen molar-refractivity contribution in [2.45, 2.75) is 25.8 Å². The Morgan fingerprint density at radius 1 is 1.17 bits per heavy atom. The van der Waals surface area contributed by atoms with Crippen molar-refractivity contribution in [2.75, 3.05) is 6.54 Å². The fourth-order valence-electron chi connectivity index (χ4n) is 2.36. The maximum Gasteiger partial charge on any atom is 0.229 e. The Hall–Kier alpha value is -1.91. The van der Waals surface area contributed by atoms with Crippen molar-refractivity contribution < 1.29 is 9.18 Å². The van der Waals surface area contributed by atoms with Gasteiger partial charge in [0.25, 0.3) is 0 Å². The molecule has 2 rings (SSSR count). The second-order valence-electron chi connectivity index (χ2n) is 5.44. The first-order valence-corrected chi connectivity index (χ1v) is 7.34. The van der Waals surface area contributed by atoms with Gasteiger partial charge >= 0.3 is 0 Å². The van der Waals surface area contributed by atoms with Gasteiger partial charge in [-0.2, -0.15) is 0 Å². The number of nitrogens with one attached hydrogen (secondary N) is 1. The Morgan fingerprint density at radius 2 is 1.83 bits per heavy atom. The standard InChI is InChI=1S/C18H21FN2O.ClH/c1-12-8-9-15(10-17(12)19)13(2)21-18(22)16(11-20)14-6-4-3-5-7-14;/h3-10,13,16H,11,20H2,1-2H3,(H,21,22);1H. The van der Waals surface area contributed by atoms with E-state index in [0.29, 0.717) is 5.56 Å². The average Bonchev–Trinajstić information content (AvgIpc) is 2.51. The molecule has 0 saturated heterocycles. The highest BCUT2D eigenvalue weighted by atomic mass is 35.5. The maximum absolute atomic E-state index is 13.6. The highest BCUT2D eigenvalue weighted by Crippen LogP contribution is 2.19. The van der Waals surface area contributed by atoms with Crippen molar-refractivity contribution in [1.82, 2.24) is 5.32 Å². The molecule has 0 bridgehead atoms. The van der Waals surface area contributed by atoms with Gasteiger partial charge in [0.05, 0.1) is 12.0 Å². The molecule has 0 aliphatic heterocycles. The van der Waals surface area contributed by atoms with Crippen LogP contribution in [0.2, 0.25) is 0 Å². The minimum absolute atomic E-state index is 0. The summed E-state index contributed by atoms with van der Waals surface area (Å²) in [7, 11) is 0. The minimum Gasteiger partial charge on any atom is -0.349 e. The number of hydrogen-bond acceptors (Lipinski definition) is 2. The number of rotatable bonds is 5. The molecule has 2 aromatic rings. The molecule has 0 fully saturated rings. The zero-order valence-corrected chi connectivity index (χ0v) is 14.1. The van der Waals surface area contributed by atoms with Crippen molar-refractivity contribution in [3.8, 4) is 0 Å². The molecular formula is C18H22ClFN2O. The normalized spacial score (nSPS) is 12.9. The first-order valence-electron chi connectivity index (χ1n) is 7.34. The van der Waals surface area contributed by atoms with Gasteiger partial charge in [-0.1, -0.05) is 42.5 Å². The molecule has 1 amide bonds. The molecule has 0 aliphatic rings. The van der Waals surface area contributed by atoms with E-state index in [0.717, 1.165) is 11.1 Å². The molecule has 2 unspecified atom stereocenters. The van der Waals surface area contributed by atoms with Crippen LogP contribution >= 0.6 is 12.4 Å².